The van der Waals surface area contributed by atoms with Gasteiger partial charge in [-0.05, 0) is 38.0 Å². The fourth-order valence-electron chi connectivity index (χ4n) is 4.74. The van der Waals surface area contributed by atoms with Crippen LogP contribution in [0.25, 0.3) is 0 Å². The van der Waals surface area contributed by atoms with Gasteiger partial charge in [0, 0.05) is 50.1 Å². The van der Waals surface area contributed by atoms with Crippen LogP contribution in [0.2, 0.25) is 0 Å². The normalized spacial score (nSPS) is 20.2. The third kappa shape index (κ3) is 6.93. The molecule has 1 aromatic heterocycles. The Kier molecular flexibility index (Phi) is 7.84. The molecule has 2 fully saturated rings. The molecule has 1 aromatic rings. The Morgan fingerprint density at radius 3 is 2.52 bits per heavy atom. The highest BCUT2D eigenvalue weighted by molar-refractivity contribution is 7.13. The van der Waals surface area contributed by atoms with Crippen LogP contribution in [-0.4, -0.2) is 47.4 Å². The molecule has 0 aromatic carbocycles. The first kappa shape index (κ1) is 22.0. The number of nitrogens with zero attached hydrogens (tertiary/aromatic N) is 2. The highest BCUT2D eigenvalue weighted by Crippen LogP contribution is 2.42. The summed E-state index contributed by atoms with van der Waals surface area (Å²) in [6, 6.07) is 0.244. The van der Waals surface area contributed by atoms with Gasteiger partial charge in [0.05, 0.1) is 0 Å². The van der Waals surface area contributed by atoms with Crippen LogP contribution in [0, 0.1) is 5.41 Å². The van der Waals surface area contributed by atoms with Gasteiger partial charge in [-0.25, -0.2) is 4.98 Å². The fourth-order valence-corrected chi connectivity index (χ4v) is 5.29. The SMILES string of the molecule is C=C(C)CN1CCC(NC(=O)CC2(CC(=O)Nc3nccs3)CCCCC2)CC1. The predicted molar refractivity (Wildman–Crippen MR) is 118 cm³/mol. The maximum absolute atomic E-state index is 12.9. The molecular formula is C22H34N4O2S. The van der Waals surface area contributed by atoms with Crippen molar-refractivity contribution in [2.75, 3.05) is 25.0 Å². The molecule has 2 heterocycles. The summed E-state index contributed by atoms with van der Waals surface area (Å²) in [5, 5.41) is 8.63. The summed E-state index contributed by atoms with van der Waals surface area (Å²) in [6.45, 7) is 8.99. The molecule has 1 saturated heterocycles. The van der Waals surface area contributed by atoms with Crippen LogP contribution in [0.5, 0.6) is 0 Å². The minimum Gasteiger partial charge on any atom is -0.353 e. The van der Waals surface area contributed by atoms with Crippen LogP contribution in [0.4, 0.5) is 5.13 Å². The minimum absolute atomic E-state index is 0.0252. The Hall–Kier alpha value is -1.73. The first-order chi connectivity index (χ1) is 13.9. The quantitative estimate of drug-likeness (QED) is 0.627. The van der Waals surface area contributed by atoms with Gasteiger partial charge in [-0.3, -0.25) is 14.5 Å². The molecule has 0 atom stereocenters. The lowest BCUT2D eigenvalue weighted by atomic mass is 9.69. The number of anilines is 1. The maximum atomic E-state index is 12.9. The Balaban J connectivity index is 1.51. The number of carbonyl (C=O) groups excluding carboxylic acids is 2. The first-order valence-electron chi connectivity index (χ1n) is 10.8. The largest absolute Gasteiger partial charge is 0.353 e. The van der Waals surface area contributed by atoms with E-state index in [0.717, 1.165) is 58.2 Å². The maximum Gasteiger partial charge on any atom is 0.226 e. The lowest BCUT2D eigenvalue weighted by molar-refractivity contribution is -0.126. The van der Waals surface area contributed by atoms with Gasteiger partial charge in [0.25, 0.3) is 0 Å². The molecule has 0 radical (unpaired) electrons. The molecular weight excluding hydrogens is 384 g/mol. The Morgan fingerprint density at radius 1 is 1.21 bits per heavy atom. The number of thiazole rings is 1. The number of hydrogen-bond donors (Lipinski definition) is 2. The van der Waals surface area contributed by atoms with E-state index in [0.29, 0.717) is 18.0 Å². The van der Waals surface area contributed by atoms with Crippen molar-refractivity contribution in [3.8, 4) is 0 Å². The number of hydrogen-bond acceptors (Lipinski definition) is 5. The molecule has 1 saturated carbocycles. The molecule has 1 aliphatic heterocycles. The van der Waals surface area contributed by atoms with Crippen LogP contribution in [0.3, 0.4) is 0 Å². The van der Waals surface area contributed by atoms with Gasteiger partial charge in [0.2, 0.25) is 11.8 Å². The van der Waals surface area contributed by atoms with E-state index in [1.807, 2.05) is 5.38 Å². The van der Waals surface area contributed by atoms with E-state index in [9.17, 15) is 9.59 Å². The van der Waals surface area contributed by atoms with Crippen molar-refractivity contribution in [3.63, 3.8) is 0 Å². The molecule has 2 amide bonds. The summed E-state index contributed by atoms with van der Waals surface area (Å²) < 4.78 is 0. The van der Waals surface area contributed by atoms with Crippen LogP contribution in [0.1, 0.15) is 64.7 Å². The van der Waals surface area contributed by atoms with Gasteiger partial charge < -0.3 is 10.6 Å². The van der Waals surface area contributed by atoms with Gasteiger partial charge in [0.15, 0.2) is 5.13 Å². The molecule has 6 nitrogen and oxygen atoms in total. The zero-order chi connectivity index (χ0) is 20.7. The van der Waals surface area contributed by atoms with Gasteiger partial charge >= 0.3 is 0 Å². The summed E-state index contributed by atoms with van der Waals surface area (Å²) in [7, 11) is 0. The number of piperidine rings is 1. The third-order valence-corrected chi connectivity index (χ3v) is 6.80. The molecule has 7 heteroatoms. The summed E-state index contributed by atoms with van der Waals surface area (Å²) >= 11 is 1.42. The van der Waals surface area contributed by atoms with E-state index in [2.05, 4.69) is 34.0 Å². The lowest BCUT2D eigenvalue weighted by Crippen LogP contribution is -2.46. The summed E-state index contributed by atoms with van der Waals surface area (Å²) in [6.07, 6.45) is 9.78. The van der Waals surface area contributed by atoms with E-state index in [-0.39, 0.29) is 23.3 Å². The average Bonchev–Trinajstić information content (AvgIpc) is 3.16. The standard InChI is InChI=1S/C22H34N4O2S/c1-17(2)16-26-11-6-18(7-12-26)24-19(27)14-22(8-4-3-5-9-22)15-20(28)25-21-23-10-13-29-21/h10,13,18H,1,3-9,11-12,14-16H2,2H3,(H,24,27)(H,23,25,28). The van der Waals surface area contributed by atoms with Gasteiger partial charge in [-0.1, -0.05) is 31.4 Å². The zero-order valence-corrected chi connectivity index (χ0v) is 18.4. The van der Waals surface area contributed by atoms with Crippen molar-refractivity contribution in [3.05, 3.63) is 23.7 Å². The summed E-state index contributed by atoms with van der Waals surface area (Å²) in [4.78, 5) is 32.0. The number of nitrogens with one attached hydrogen (secondary N) is 2. The van der Waals surface area contributed by atoms with E-state index >= 15 is 0 Å². The Bertz CT molecular complexity index is 690. The second-order valence-corrected chi connectivity index (χ2v) is 9.77. The third-order valence-electron chi connectivity index (χ3n) is 6.11. The van der Waals surface area contributed by atoms with Crippen molar-refractivity contribution in [1.82, 2.24) is 15.2 Å². The molecule has 2 aliphatic rings. The van der Waals surface area contributed by atoms with E-state index in [1.165, 1.54) is 23.3 Å². The Morgan fingerprint density at radius 2 is 1.90 bits per heavy atom. The monoisotopic (exact) mass is 418 g/mol. The number of amides is 2. The van der Waals surface area contributed by atoms with Crippen LogP contribution >= 0.6 is 11.3 Å². The fraction of sp³-hybridized carbons (Fsp3) is 0.682. The lowest BCUT2D eigenvalue weighted by Gasteiger charge is -2.37. The second-order valence-electron chi connectivity index (χ2n) is 8.87. The number of aromatic nitrogens is 1. The minimum atomic E-state index is -0.218. The van der Waals surface area contributed by atoms with Crippen molar-refractivity contribution in [1.29, 1.82) is 0 Å². The molecule has 0 spiro atoms. The molecule has 3 rings (SSSR count). The highest BCUT2D eigenvalue weighted by Gasteiger charge is 2.37. The van der Waals surface area contributed by atoms with Crippen LogP contribution < -0.4 is 10.6 Å². The molecule has 0 bridgehead atoms. The number of rotatable bonds is 8. The van der Waals surface area contributed by atoms with Gasteiger partial charge in [-0.15, -0.1) is 11.3 Å². The van der Waals surface area contributed by atoms with Crippen molar-refractivity contribution < 1.29 is 9.59 Å². The van der Waals surface area contributed by atoms with Crippen molar-refractivity contribution >= 4 is 28.3 Å². The zero-order valence-electron chi connectivity index (χ0n) is 17.5. The average molecular weight is 419 g/mol. The van der Waals surface area contributed by atoms with Crippen molar-refractivity contribution in [2.24, 2.45) is 5.41 Å². The van der Waals surface area contributed by atoms with E-state index in [1.54, 1.807) is 6.20 Å². The Labute approximate surface area is 178 Å². The molecule has 29 heavy (non-hydrogen) atoms. The first-order valence-corrected chi connectivity index (χ1v) is 11.7. The van der Waals surface area contributed by atoms with E-state index in [4.69, 9.17) is 0 Å². The van der Waals surface area contributed by atoms with Crippen LogP contribution in [-0.2, 0) is 9.59 Å². The smallest absolute Gasteiger partial charge is 0.226 e. The van der Waals surface area contributed by atoms with Gasteiger partial charge in [0.1, 0.15) is 0 Å². The summed E-state index contributed by atoms with van der Waals surface area (Å²) in [5.41, 5.74) is 0.965. The molecule has 2 N–H and O–H groups in total. The molecule has 0 unspecified atom stereocenters. The topological polar surface area (TPSA) is 74.3 Å². The van der Waals surface area contributed by atoms with Gasteiger partial charge in [-0.2, -0.15) is 0 Å². The van der Waals surface area contributed by atoms with Crippen LogP contribution in [0.15, 0.2) is 23.7 Å². The highest BCUT2D eigenvalue weighted by atomic mass is 32.1. The number of likely N-dealkylation sites (tertiary alicyclic amines) is 1. The number of carbonyl (C=O) groups is 2. The molecule has 160 valence electrons. The van der Waals surface area contributed by atoms with E-state index < -0.39 is 0 Å². The predicted octanol–water partition coefficient (Wildman–Crippen LogP) is 3.97. The second kappa shape index (κ2) is 10.3. The molecule has 1 aliphatic carbocycles. The summed E-state index contributed by atoms with van der Waals surface area (Å²) in [5.74, 6) is 0.0788. The van der Waals surface area contributed by atoms with Crippen molar-refractivity contribution in [2.45, 2.75) is 70.8 Å².